The van der Waals surface area contributed by atoms with Crippen LogP contribution in [0.1, 0.15) is 62.1 Å². The van der Waals surface area contributed by atoms with Gasteiger partial charge in [-0.15, -0.1) is 34.2 Å². The number of amides is 2. The number of thiol groups is 1. The molecule has 61 heavy (non-hydrogen) atoms. The quantitative estimate of drug-likeness (QED) is 0.0510. The van der Waals surface area contributed by atoms with Crippen molar-refractivity contribution >= 4 is 41.6 Å². The van der Waals surface area contributed by atoms with E-state index in [4.69, 9.17) is 21.9 Å². The number of aromatic hydroxyl groups is 1. The highest BCUT2D eigenvalue weighted by Gasteiger charge is 2.59. The van der Waals surface area contributed by atoms with E-state index in [1.165, 1.54) is 4.90 Å². The Hall–Kier alpha value is -5.03. The number of benzene rings is 2. The number of thiazole rings is 1. The van der Waals surface area contributed by atoms with Crippen LogP contribution in [0.2, 0.25) is 0 Å². The van der Waals surface area contributed by atoms with E-state index >= 15 is 0 Å². The summed E-state index contributed by atoms with van der Waals surface area (Å²) in [5, 5.41) is 40.6. The third-order valence-electron chi connectivity index (χ3n) is 12.9. The molecule has 4 aliphatic rings. The van der Waals surface area contributed by atoms with Gasteiger partial charge < -0.3 is 39.9 Å². The van der Waals surface area contributed by atoms with Gasteiger partial charge >= 0.3 is 0 Å². The number of phenols is 1. The normalized spacial score (nSPS) is 24.5. The number of carbonyl (C=O) groups is 2. The second kappa shape index (κ2) is 16.7. The molecule has 9 rings (SSSR count). The topological polar surface area (TPSA) is 179 Å². The Morgan fingerprint density at radius 3 is 2.59 bits per heavy atom. The average Bonchev–Trinajstić information content (AvgIpc) is 3.93. The maximum atomic E-state index is 14.2. The highest BCUT2D eigenvalue weighted by atomic mass is 32.1. The molecule has 14 nitrogen and oxygen atoms in total. The highest BCUT2D eigenvalue weighted by Crippen LogP contribution is 2.55. The first kappa shape index (κ1) is 41.3. The average molecular weight is 865 g/mol. The number of likely N-dealkylation sites (tertiary alicyclic amines) is 2. The van der Waals surface area contributed by atoms with Gasteiger partial charge in [0.05, 0.1) is 34.5 Å². The van der Waals surface area contributed by atoms with Crippen molar-refractivity contribution in [1.82, 2.24) is 35.5 Å². The van der Waals surface area contributed by atoms with Gasteiger partial charge in [0.15, 0.2) is 11.6 Å². The van der Waals surface area contributed by atoms with Crippen molar-refractivity contribution < 1.29 is 29.1 Å². The number of aliphatic hydroxyl groups excluding tert-OH is 1. The Morgan fingerprint density at radius 1 is 1.10 bits per heavy atom. The molecule has 1 saturated carbocycles. The van der Waals surface area contributed by atoms with Crippen molar-refractivity contribution in [1.29, 1.82) is 0 Å². The summed E-state index contributed by atoms with van der Waals surface area (Å²) in [7, 11) is 0. The van der Waals surface area contributed by atoms with E-state index in [2.05, 4.69) is 41.9 Å². The lowest BCUT2D eigenvalue weighted by atomic mass is 9.91. The minimum absolute atomic E-state index is 0.0317. The fourth-order valence-electron chi connectivity index (χ4n) is 9.76. The van der Waals surface area contributed by atoms with Crippen LogP contribution < -0.4 is 15.4 Å². The molecule has 3 aromatic heterocycles. The van der Waals surface area contributed by atoms with Gasteiger partial charge in [-0.25, -0.2) is 4.98 Å². The molecule has 5 aromatic rings. The van der Waals surface area contributed by atoms with Crippen LogP contribution >= 0.6 is 24.0 Å². The molecule has 8 atom stereocenters. The van der Waals surface area contributed by atoms with E-state index in [1.807, 2.05) is 62.7 Å². The van der Waals surface area contributed by atoms with E-state index in [9.17, 15) is 19.8 Å². The molecule has 2 saturated heterocycles. The summed E-state index contributed by atoms with van der Waals surface area (Å²) in [6.07, 6.45) is 0.997. The molecular weight excluding hydrogens is 813 g/mol. The zero-order chi connectivity index (χ0) is 42.6. The third-order valence-corrected chi connectivity index (χ3v) is 14.3. The summed E-state index contributed by atoms with van der Waals surface area (Å²) in [6, 6.07) is 18.2. The smallest absolute Gasteiger partial charge is 0.254 e. The zero-order valence-corrected chi connectivity index (χ0v) is 36.4. The monoisotopic (exact) mass is 864 g/mol. The van der Waals surface area contributed by atoms with Crippen LogP contribution in [0.3, 0.4) is 0 Å². The van der Waals surface area contributed by atoms with Crippen molar-refractivity contribution in [3.8, 4) is 33.3 Å². The number of carbonyl (C=O) groups excluding carboxylic acids is 2. The minimum Gasteiger partial charge on any atom is -0.507 e. The highest BCUT2D eigenvalue weighted by molar-refractivity contribution is 7.81. The summed E-state index contributed by atoms with van der Waals surface area (Å²) in [5.74, 6) is 2.04. The van der Waals surface area contributed by atoms with Crippen LogP contribution in [-0.4, -0.2) is 103 Å². The van der Waals surface area contributed by atoms with Gasteiger partial charge in [-0.2, -0.15) is 0 Å². The van der Waals surface area contributed by atoms with Crippen molar-refractivity contribution in [3.63, 3.8) is 0 Å². The van der Waals surface area contributed by atoms with Crippen molar-refractivity contribution in [2.45, 2.75) is 75.9 Å². The number of β-amino-alcohol motifs (C(OH)–C–C–N with tert-alkyl or cyclic N) is 1. The number of aliphatic hydroxyl groups is 1. The molecule has 2 amide bonds. The molecule has 0 spiro atoms. The number of para-hydroxylation sites is 1. The standard InChI is InChI=1S/C45H52N8O6S2/c1-24(2)39(44(57)53-20-29(54)18-35(53)43(56)48-45(4,60)28-12-10-26(11-13-28)41-25(3)46-23-61-41)37-19-38(51-59-37)58-15-7-14-52-21-31-32(22-52)40(31)34-17-27-16-33(49-50-42(27)47-34)30-8-5-6-9-36(30)55/h5-6,8-13,16,19,23-24,29,31-32,34-35,39-40,54-55,60H,7,14-15,17-18,20-22H2,1-4H3,(H,47,50)(H,48,56)/t29-,31-,32+,34?,35+,39-,40?,45+/m1/s1. The largest absolute Gasteiger partial charge is 0.507 e. The molecule has 16 heteroatoms. The van der Waals surface area contributed by atoms with E-state index in [-0.39, 0.29) is 30.5 Å². The third kappa shape index (κ3) is 8.34. The zero-order valence-electron chi connectivity index (χ0n) is 34.7. The van der Waals surface area contributed by atoms with Gasteiger partial charge in [0.25, 0.3) is 5.88 Å². The molecule has 6 heterocycles. The van der Waals surface area contributed by atoms with Gasteiger partial charge in [0, 0.05) is 55.8 Å². The van der Waals surface area contributed by atoms with Gasteiger partial charge in [-0.05, 0) is 84.8 Å². The van der Waals surface area contributed by atoms with Crippen LogP contribution in [-0.2, 0) is 20.9 Å². The first-order valence-corrected chi connectivity index (χ1v) is 22.4. The summed E-state index contributed by atoms with van der Waals surface area (Å²) >= 11 is 6.40. The lowest BCUT2D eigenvalue weighted by Gasteiger charge is -2.32. The fourth-order valence-corrected chi connectivity index (χ4v) is 10.8. The molecule has 0 bridgehead atoms. The summed E-state index contributed by atoms with van der Waals surface area (Å²) in [4.78, 5) is 36.4. The van der Waals surface area contributed by atoms with Crippen LogP contribution in [0.5, 0.6) is 11.6 Å². The number of nitrogens with zero attached hydrogens (tertiary/aromatic N) is 6. The molecule has 3 fully saturated rings. The number of piperidine rings is 1. The number of hydrogen-bond donors (Lipinski definition) is 5. The number of aryl methyl sites for hydroxylation is 1. The maximum Gasteiger partial charge on any atom is 0.254 e. The van der Waals surface area contributed by atoms with E-state index in [0.29, 0.717) is 53.3 Å². The number of phenolic OH excluding ortho intramolecular Hbond substituents is 1. The minimum atomic E-state index is -1.04. The summed E-state index contributed by atoms with van der Waals surface area (Å²) in [6.45, 7) is 11.1. The predicted octanol–water partition coefficient (Wildman–Crippen LogP) is 5.87. The van der Waals surface area contributed by atoms with Gasteiger partial charge in [-0.3, -0.25) is 9.59 Å². The molecule has 0 radical (unpaired) electrons. The Balaban J connectivity index is 0.744. The summed E-state index contributed by atoms with van der Waals surface area (Å²) < 4.78 is 11.7. The van der Waals surface area contributed by atoms with Crippen LogP contribution in [0.25, 0.3) is 21.7 Å². The first-order valence-electron chi connectivity index (χ1n) is 21.1. The second-order valence-electron chi connectivity index (χ2n) is 17.5. The van der Waals surface area contributed by atoms with Crippen molar-refractivity contribution in [2.75, 3.05) is 38.1 Å². The molecular formula is C45H52N8O6S2. The Labute approximate surface area is 364 Å². The molecule has 4 N–H and O–H groups in total. The molecule has 2 unspecified atom stereocenters. The number of nitrogens with one attached hydrogen (secondary N) is 2. The number of aromatic nitrogens is 4. The SMILES string of the molecule is Cc1ncsc1-c1ccc([C@](C)(S)NC(=O)[C@@H]2C[C@@H](O)CN2C(=O)[C@@H](c2cc(OCCCN3C[C@@H]4C(C5Cc6cc(-c7ccccc7O)nnc6N5)[C@@H]4C3)no2)C(C)C)cc1. The number of anilines is 1. The van der Waals surface area contributed by atoms with E-state index in [0.717, 1.165) is 65.6 Å². The lowest BCUT2D eigenvalue weighted by molar-refractivity contribution is -0.141. The van der Waals surface area contributed by atoms with Gasteiger partial charge in [0.1, 0.15) is 22.6 Å². The van der Waals surface area contributed by atoms with Crippen LogP contribution in [0, 0.1) is 30.6 Å². The van der Waals surface area contributed by atoms with Gasteiger partial charge in [0.2, 0.25) is 11.8 Å². The maximum absolute atomic E-state index is 14.2. The number of fused-ring (bicyclic) bond motifs is 2. The van der Waals surface area contributed by atoms with Crippen LogP contribution in [0.15, 0.2) is 70.7 Å². The first-order chi connectivity index (χ1) is 29.3. The van der Waals surface area contributed by atoms with Gasteiger partial charge in [-0.1, -0.05) is 50.2 Å². The lowest BCUT2D eigenvalue weighted by Crippen LogP contribution is -2.51. The molecule has 320 valence electrons. The van der Waals surface area contributed by atoms with Crippen molar-refractivity contribution in [2.24, 2.45) is 23.7 Å². The van der Waals surface area contributed by atoms with E-state index < -0.39 is 28.8 Å². The summed E-state index contributed by atoms with van der Waals surface area (Å²) in [5.41, 5.74) is 7.13. The Morgan fingerprint density at radius 2 is 1.87 bits per heavy atom. The Kier molecular flexibility index (Phi) is 11.3. The number of ether oxygens (including phenoxy) is 1. The Bertz CT molecular complexity index is 2390. The number of hydrogen-bond acceptors (Lipinski definition) is 14. The van der Waals surface area contributed by atoms with Crippen molar-refractivity contribution in [3.05, 3.63) is 88.8 Å². The van der Waals surface area contributed by atoms with E-state index in [1.54, 1.807) is 36.5 Å². The molecule has 2 aromatic carbocycles. The molecule has 1 aliphatic carbocycles. The molecule has 3 aliphatic heterocycles. The number of rotatable bonds is 14. The second-order valence-corrected chi connectivity index (χ2v) is 19.3. The predicted molar refractivity (Wildman–Crippen MR) is 234 cm³/mol. The van der Waals surface area contributed by atoms with Crippen LogP contribution in [0.4, 0.5) is 5.82 Å². The fraction of sp³-hybridized carbons (Fsp3) is 0.467.